The lowest BCUT2D eigenvalue weighted by Crippen LogP contribution is -2.01. The molecule has 5 nitrogen and oxygen atoms in total. The fourth-order valence-corrected chi connectivity index (χ4v) is 1.39. The third kappa shape index (κ3) is 2.68. The molecule has 76 valence electrons. The molecule has 0 radical (unpaired) electrons. The maximum atomic E-state index is 10.4. The van der Waals surface area contributed by atoms with Crippen molar-refractivity contribution in [2.45, 2.75) is 0 Å². The molecule has 0 unspecified atom stereocenters. The summed E-state index contributed by atoms with van der Waals surface area (Å²) in [5, 5.41) is 18.9. The van der Waals surface area contributed by atoms with Crippen LogP contribution in [0.3, 0.4) is 0 Å². The minimum Gasteiger partial charge on any atom is -0.491 e. The lowest BCUT2D eigenvalue weighted by Gasteiger charge is -2.04. The van der Waals surface area contributed by atoms with Gasteiger partial charge < -0.3 is 9.84 Å². The lowest BCUT2D eigenvalue weighted by molar-refractivity contribution is -0.385. The second-order valence-electron chi connectivity index (χ2n) is 2.44. The predicted molar refractivity (Wildman–Crippen MR) is 53.4 cm³/mol. The largest absolute Gasteiger partial charge is 0.491 e. The fourth-order valence-electron chi connectivity index (χ4n) is 0.889. The number of rotatable bonds is 4. The number of hydrogen-bond donors (Lipinski definition) is 1. The number of halogens is 1. The molecule has 0 aliphatic carbocycles. The van der Waals surface area contributed by atoms with Gasteiger partial charge in [-0.25, -0.2) is 0 Å². The van der Waals surface area contributed by atoms with Gasteiger partial charge in [-0.05, 0) is 22.0 Å². The molecule has 0 heterocycles. The Morgan fingerprint density at radius 1 is 1.57 bits per heavy atom. The van der Waals surface area contributed by atoms with E-state index in [-0.39, 0.29) is 18.9 Å². The van der Waals surface area contributed by atoms with E-state index in [0.717, 1.165) is 0 Å². The van der Waals surface area contributed by atoms with E-state index in [9.17, 15) is 10.1 Å². The summed E-state index contributed by atoms with van der Waals surface area (Å²) in [6.07, 6.45) is 0. The first kappa shape index (κ1) is 10.9. The Bertz CT molecular complexity index is 342. The van der Waals surface area contributed by atoms with Gasteiger partial charge in [-0.1, -0.05) is 0 Å². The van der Waals surface area contributed by atoms with Crippen LogP contribution >= 0.6 is 15.9 Å². The van der Waals surface area contributed by atoms with Crippen LogP contribution in [-0.4, -0.2) is 23.2 Å². The molecule has 0 saturated heterocycles. The molecule has 0 bridgehead atoms. The third-order valence-corrected chi connectivity index (χ3v) is 2.11. The zero-order valence-corrected chi connectivity index (χ0v) is 8.73. The van der Waals surface area contributed by atoms with Gasteiger partial charge in [0.05, 0.1) is 16.0 Å². The topological polar surface area (TPSA) is 72.6 Å². The number of aliphatic hydroxyl groups is 1. The number of aliphatic hydroxyl groups excluding tert-OH is 1. The van der Waals surface area contributed by atoms with E-state index in [4.69, 9.17) is 9.84 Å². The van der Waals surface area contributed by atoms with Gasteiger partial charge >= 0.3 is 0 Å². The normalized spacial score (nSPS) is 9.86. The predicted octanol–water partition coefficient (Wildman–Crippen LogP) is 1.73. The van der Waals surface area contributed by atoms with Crippen LogP contribution in [0, 0.1) is 10.1 Å². The number of ether oxygens (including phenoxy) is 1. The van der Waals surface area contributed by atoms with Crippen LogP contribution < -0.4 is 4.74 Å². The Kier molecular flexibility index (Phi) is 3.84. The highest BCUT2D eigenvalue weighted by Gasteiger charge is 2.11. The maximum absolute atomic E-state index is 10.4. The molecule has 0 amide bonds. The zero-order valence-electron chi connectivity index (χ0n) is 7.14. The molecule has 0 aliphatic heterocycles. The third-order valence-electron chi connectivity index (χ3n) is 1.48. The molecule has 1 rings (SSSR count). The van der Waals surface area contributed by atoms with Crippen LogP contribution in [0.25, 0.3) is 0 Å². The van der Waals surface area contributed by atoms with Gasteiger partial charge in [0, 0.05) is 12.1 Å². The van der Waals surface area contributed by atoms with Crippen LogP contribution in [0.2, 0.25) is 0 Å². The summed E-state index contributed by atoms with van der Waals surface area (Å²) in [4.78, 5) is 9.96. The first-order valence-corrected chi connectivity index (χ1v) is 4.62. The second-order valence-corrected chi connectivity index (χ2v) is 3.30. The van der Waals surface area contributed by atoms with Crippen molar-refractivity contribution in [1.82, 2.24) is 0 Å². The van der Waals surface area contributed by atoms with Crippen molar-refractivity contribution in [1.29, 1.82) is 0 Å². The maximum Gasteiger partial charge on any atom is 0.283 e. The summed E-state index contributed by atoms with van der Waals surface area (Å²) in [6.45, 7) is 0.0822. The molecule has 0 spiro atoms. The van der Waals surface area contributed by atoms with Gasteiger partial charge in [0.1, 0.15) is 12.4 Å². The molecule has 0 atom stereocenters. The molecular formula is C8H8BrNO4. The van der Waals surface area contributed by atoms with E-state index >= 15 is 0 Å². The van der Waals surface area contributed by atoms with Crippen LogP contribution in [0.5, 0.6) is 5.75 Å². The molecule has 0 aromatic heterocycles. The van der Waals surface area contributed by atoms with Crippen LogP contribution in [0.1, 0.15) is 0 Å². The minimum absolute atomic E-state index is 0.0126. The van der Waals surface area contributed by atoms with E-state index in [0.29, 0.717) is 10.2 Å². The SMILES string of the molecule is O=[N+]([O-])c1ccc(OCCO)cc1Br. The Labute approximate surface area is 88.6 Å². The molecule has 1 aromatic carbocycles. The Balaban J connectivity index is 2.83. The van der Waals surface area contributed by atoms with E-state index in [1.165, 1.54) is 18.2 Å². The van der Waals surface area contributed by atoms with Gasteiger partial charge in [-0.3, -0.25) is 10.1 Å². The van der Waals surface area contributed by atoms with E-state index in [2.05, 4.69) is 15.9 Å². The number of nitro groups is 1. The molecule has 1 aromatic rings. The smallest absolute Gasteiger partial charge is 0.283 e. The number of hydrogen-bond acceptors (Lipinski definition) is 4. The van der Waals surface area contributed by atoms with E-state index in [1.54, 1.807) is 0 Å². The number of nitro benzene ring substituents is 1. The molecular weight excluding hydrogens is 254 g/mol. The van der Waals surface area contributed by atoms with Gasteiger partial charge in [-0.15, -0.1) is 0 Å². The molecule has 0 saturated carbocycles. The van der Waals surface area contributed by atoms with Crippen LogP contribution in [0.4, 0.5) is 5.69 Å². The molecule has 1 N–H and O–H groups in total. The van der Waals surface area contributed by atoms with Crippen molar-refractivity contribution in [2.75, 3.05) is 13.2 Å². The second kappa shape index (κ2) is 4.92. The van der Waals surface area contributed by atoms with Crippen LogP contribution in [-0.2, 0) is 0 Å². The van der Waals surface area contributed by atoms with Gasteiger partial charge in [0.15, 0.2) is 0 Å². The molecule has 14 heavy (non-hydrogen) atoms. The van der Waals surface area contributed by atoms with Crippen molar-refractivity contribution in [2.24, 2.45) is 0 Å². The summed E-state index contributed by atoms with van der Waals surface area (Å²) in [5.41, 5.74) is -0.0126. The summed E-state index contributed by atoms with van der Waals surface area (Å²) in [6, 6.07) is 4.32. The highest BCUT2D eigenvalue weighted by molar-refractivity contribution is 9.10. The monoisotopic (exact) mass is 261 g/mol. The van der Waals surface area contributed by atoms with Gasteiger partial charge in [0.2, 0.25) is 0 Å². The van der Waals surface area contributed by atoms with Crippen LogP contribution in [0.15, 0.2) is 22.7 Å². The lowest BCUT2D eigenvalue weighted by atomic mass is 10.3. The zero-order chi connectivity index (χ0) is 10.6. The Hall–Kier alpha value is -1.14. The minimum atomic E-state index is -0.486. The van der Waals surface area contributed by atoms with Crippen molar-refractivity contribution in [3.63, 3.8) is 0 Å². The summed E-state index contributed by atoms with van der Waals surface area (Å²) in [5.74, 6) is 0.483. The van der Waals surface area contributed by atoms with Crippen molar-refractivity contribution in [3.05, 3.63) is 32.8 Å². The number of benzene rings is 1. The van der Waals surface area contributed by atoms with Crippen molar-refractivity contribution < 1.29 is 14.8 Å². The van der Waals surface area contributed by atoms with Gasteiger partial charge in [0.25, 0.3) is 5.69 Å². The first-order chi connectivity index (χ1) is 6.65. The highest BCUT2D eigenvalue weighted by atomic mass is 79.9. The average molecular weight is 262 g/mol. The van der Waals surface area contributed by atoms with Crippen molar-refractivity contribution >= 4 is 21.6 Å². The molecule has 6 heteroatoms. The van der Waals surface area contributed by atoms with E-state index in [1.807, 2.05) is 0 Å². The van der Waals surface area contributed by atoms with E-state index < -0.39 is 4.92 Å². The molecule has 0 fully saturated rings. The van der Waals surface area contributed by atoms with Gasteiger partial charge in [-0.2, -0.15) is 0 Å². The number of nitrogens with zero attached hydrogens (tertiary/aromatic N) is 1. The fraction of sp³-hybridized carbons (Fsp3) is 0.250. The summed E-state index contributed by atoms with van der Waals surface area (Å²) >= 11 is 3.06. The Morgan fingerprint density at radius 3 is 2.79 bits per heavy atom. The standard InChI is InChI=1S/C8H8BrNO4/c9-7-5-6(14-4-3-11)1-2-8(7)10(12)13/h1-2,5,11H,3-4H2. The average Bonchev–Trinajstić information content (AvgIpc) is 2.14. The first-order valence-electron chi connectivity index (χ1n) is 3.82. The van der Waals surface area contributed by atoms with Crippen molar-refractivity contribution in [3.8, 4) is 5.75 Å². The molecule has 0 aliphatic rings. The summed E-state index contributed by atoms with van der Waals surface area (Å²) in [7, 11) is 0. The highest BCUT2D eigenvalue weighted by Crippen LogP contribution is 2.28. The Morgan fingerprint density at radius 2 is 2.29 bits per heavy atom. The quantitative estimate of drug-likeness (QED) is 0.662. The summed E-state index contributed by atoms with van der Waals surface area (Å²) < 4.78 is 5.43.